The van der Waals surface area contributed by atoms with Crippen LogP contribution < -0.4 is 4.90 Å². The number of hydrogen-bond donors (Lipinski definition) is 0. The fraction of sp³-hybridized carbons (Fsp3) is 0.300. The summed E-state index contributed by atoms with van der Waals surface area (Å²) in [6.07, 6.45) is -4.86. The maximum atomic E-state index is 12.2. The quantitative estimate of drug-likeness (QED) is 0.779. The molecule has 0 aromatic heterocycles. The van der Waals surface area contributed by atoms with Crippen molar-refractivity contribution in [2.75, 3.05) is 11.9 Å². The van der Waals surface area contributed by atoms with Crippen molar-refractivity contribution in [1.29, 1.82) is 0 Å². The summed E-state index contributed by atoms with van der Waals surface area (Å²) >= 11 is 3.14. The summed E-state index contributed by atoms with van der Waals surface area (Å²) in [5.41, 5.74) is 0.833. The SMILES string of the molecule is Cc1ccc(Br)cc1N(C)C(=O)C(F)(F)F. The summed E-state index contributed by atoms with van der Waals surface area (Å²) < 4.78 is 37.3. The average Bonchev–Trinajstić information content (AvgIpc) is 2.18. The molecule has 0 fully saturated rings. The molecule has 6 heteroatoms. The number of carbonyl (C=O) groups is 1. The number of rotatable bonds is 1. The first-order valence-electron chi connectivity index (χ1n) is 4.34. The standard InChI is InChI=1S/C10H9BrF3NO/c1-6-3-4-7(11)5-8(6)15(2)9(16)10(12,13)14/h3-5H,1-2H3. The molecule has 2 nitrogen and oxygen atoms in total. The maximum Gasteiger partial charge on any atom is 0.471 e. The van der Waals surface area contributed by atoms with Crippen LogP contribution in [0.4, 0.5) is 18.9 Å². The number of hydrogen-bond acceptors (Lipinski definition) is 1. The third kappa shape index (κ3) is 2.75. The van der Waals surface area contributed by atoms with E-state index in [1.54, 1.807) is 19.1 Å². The van der Waals surface area contributed by atoms with Crippen molar-refractivity contribution in [1.82, 2.24) is 0 Å². The summed E-state index contributed by atoms with van der Waals surface area (Å²) in [6.45, 7) is 1.64. The number of amides is 1. The molecule has 0 saturated heterocycles. The number of anilines is 1. The van der Waals surface area contributed by atoms with Crippen molar-refractivity contribution >= 4 is 27.5 Å². The molecule has 1 aromatic carbocycles. The lowest BCUT2D eigenvalue weighted by molar-refractivity contribution is -0.170. The fourth-order valence-electron chi connectivity index (χ4n) is 1.24. The van der Waals surface area contributed by atoms with Gasteiger partial charge in [0, 0.05) is 17.2 Å². The van der Waals surface area contributed by atoms with Crippen molar-refractivity contribution in [2.45, 2.75) is 13.1 Å². The number of aryl methyl sites for hydroxylation is 1. The second kappa shape index (κ2) is 4.45. The summed E-state index contributed by atoms with van der Waals surface area (Å²) in [4.78, 5) is 11.6. The summed E-state index contributed by atoms with van der Waals surface area (Å²) in [5, 5.41) is 0. The van der Waals surface area contributed by atoms with E-state index >= 15 is 0 Å². The van der Waals surface area contributed by atoms with E-state index < -0.39 is 12.1 Å². The van der Waals surface area contributed by atoms with Gasteiger partial charge in [0.1, 0.15) is 0 Å². The molecule has 0 bridgehead atoms. The Bertz CT molecular complexity index is 417. The Morgan fingerprint density at radius 1 is 1.38 bits per heavy atom. The molecule has 0 N–H and O–H groups in total. The van der Waals surface area contributed by atoms with Gasteiger partial charge in [-0.3, -0.25) is 4.79 Å². The first-order chi connectivity index (χ1) is 7.23. The van der Waals surface area contributed by atoms with Crippen LogP contribution in [0.1, 0.15) is 5.56 Å². The molecule has 0 radical (unpaired) electrons. The highest BCUT2D eigenvalue weighted by Crippen LogP contribution is 2.27. The molecule has 16 heavy (non-hydrogen) atoms. The lowest BCUT2D eigenvalue weighted by Crippen LogP contribution is -2.38. The highest BCUT2D eigenvalue weighted by Gasteiger charge is 2.41. The van der Waals surface area contributed by atoms with E-state index in [2.05, 4.69) is 15.9 Å². The van der Waals surface area contributed by atoms with Crippen LogP contribution in [-0.4, -0.2) is 19.1 Å². The molecule has 0 aliphatic carbocycles. The predicted molar refractivity (Wildman–Crippen MR) is 58.3 cm³/mol. The molecule has 88 valence electrons. The van der Waals surface area contributed by atoms with Crippen molar-refractivity contribution in [3.05, 3.63) is 28.2 Å². The molecule has 1 rings (SSSR count). The van der Waals surface area contributed by atoms with Crippen LogP contribution in [0.2, 0.25) is 0 Å². The van der Waals surface area contributed by atoms with Gasteiger partial charge in [-0.15, -0.1) is 0 Å². The van der Waals surface area contributed by atoms with E-state index in [0.29, 0.717) is 14.9 Å². The minimum absolute atomic E-state index is 0.233. The van der Waals surface area contributed by atoms with Gasteiger partial charge in [0.05, 0.1) is 0 Å². The first-order valence-corrected chi connectivity index (χ1v) is 5.14. The van der Waals surface area contributed by atoms with Crippen LogP contribution >= 0.6 is 15.9 Å². The Morgan fingerprint density at radius 3 is 2.44 bits per heavy atom. The van der Waals surface area contributed by atoms with Crippen LogP contribution in [0.25, 0.3) is 0 Å². The summed E-state index contributed by atoms with van der Waals surface area (Å²) in [7, 11) is 1.10. The van der Waals surface area contributed by atoms with Crippen LogP contribution in [0, 0.1) is 6.92 Å². The van der Waals surface area contributed by atoms with Crippen molar-refractivity contribution in [3.63, 3.8) is 0 Å². The Labute approximate surface area is 99.2 Å². The van der Waals surface area contributed by atoms with Gasteiger partial charge in [-0.2, -0.15) is 13.2 Å². The van der Waals surface area contributed by atoms with Gasteiger partial charge >= 0.3 is 12.1 Å². The number of nitrogens with zero attached hydrogens (tertiary/aromatic N) is 1. The molecule has 0 heterocycles. The van der Waals surface area contributed by atoms with E-state index in [9.17, 15) is 18.0 Å². The zero-order chi connectivity index (χ0) is 12.5. The average molecular weight is 296 g/mol. The Kier molecular flexibility index (Phi) is 3.62. The van der Waals surface area contributed by atoms with E-state index in [0.717, 1.165) is 7.05 Å². The Hall–Kier alpha value is -1.04. The van der Waals surface area contributed by atoms with Crippen LogP contribution in [0.15, 0.2) is 22.7 Å². The zero-order valence-electron chi connectivity index (χ0n) is 8.60. The molecule has 0 saturated carbocycles. The van der Waals surface area contributed by atoms with Crippen molar-refractivity contribution in [2.24, 2.45) is 0 Å². The number of carbonyl (C=O) groups excluding carboxylic acids is 1. The highest BCUT2D eigenvalue weighted by molar-refractivity contribution is 9.10. The molecule has 0 aliphatic rings. The number of alkyl halides is 3. The lowest BCUT2D eigenvalue weighted by atomic mass is 10.2. The van der Waals surface area contributed by atoms with Crippen LogP contribution in [-0.2, 0) is 4.79 Å². The second-order valence-corrected chi connectivity index (χ2v) is 4.21. The number of benzene rings is 1. The van der Waals surface area contributed by atoms with E-state index in [4.69, 9.17) is 0 Å². The summed E-state index contributed by atoms with van der Waals surface area (Å²) in [5.74, 6) is -1.88. The van der Waals surface area contributed by atoms with Gasteiger partial charge in [0.15, 0.2) is 0 Å². The molecule has 0 unspecified atom stereocenters. The van der Waals surface area contributed by atoms with Gasteiger partial charge in [0.2, 0.25) is 0 Å². The molecule has 0 spiro atoms. The van der Waals surface area contributed by atoms with E-state index in [1.165, 1.54) is 6.07 Å². The molecule has 0 aliphatic heterocycles. The molecule has 0 atom stereocenters. The summed E-state index contributed by atoms with van der Waals surface area (Å²) in [6, 6.07) is 4.81. The third-order valence-corrected chi connectivity index (χ3v) is 2.57. The molecule has 1 amide bonds. The lowest BCUT2D eigenvalue weighted by Gasteiger charge is -2.20. The van der Waals surface area contributed by atoms with Gasteiger partial charge < -0.3 is 4.90 Å². The monoisotopic (exact) mass is 295 g/mol. The Morgan fingerprint density at radius 2 is 1.94 bits per heavy atom. The largest absolute Gasteiger partial charge is 0.471 e. The Balaban J connectivity index is 3.10. The maximum absolute atomic E-state index is 12.2. The predicted octanol–water partition coefficient (Wildman–Crippen LogP) is 3.28. The molecular weight excluding hydrogens is 287 g/mol. The normalized spacial score (nSPS) is 11.4. The van der Waals surface area contributed by atoms with Crippen LogP contribution in [0.3, 0.4) is 0 Å². The van der Waals surface area contributed by atoms with Gasteiger partial charge in [-0.1, -0.05) is 22.0 Å². The minimum Gasteiger partial charge on any atom is -0.307 e. The molecule has 1 aromatic rings. The topological polar surface area (TPSA) is 20.3 Å². The zero-order valence-corrected chi connectivity index (χ0v) is 10.2. The minimum atomic E-state index is -4.86. The van der Waals surface area contributed by atoms with E-state index in [1.807, 2.05) is 0 Å². The third-order valence-electron chi connectivity index (χ3n) is 2.08. The van der Waals surface area contributed by atoms with Crippen molar-refractivity contribution < 1.29 is 18.0 Å². The smallest absolute Gasteiger partial charge is 0.307 e. The number of halogens is 4. The second-order valence-electron chi connectivity index (χ2n) is 3.29. The van der Waals surface area contributed by atoms with Crippen LogP contribution in [0.5, 0.6) is 0 Å². The fourth-order valence-corrected chi connectivity index (χ4v) is 1.59. The van der Waals surface area contributed by atoms with Crippen molar-refractivity contribution in [3.8, 4) is 0 Å². The van der Waals surface area contributed by atoms with Gasteiger partial charge in [0.25, 0.3) is 0 Å². The molecular formula is C10H9BrF3NO. The van der Waals surface area contributed by atoms with Gasteiger partial charge in [-0.25, -0.2) is 0 Å². The first kappa shape index (κ1) is 13.0. The highest BCUT2D eigenvalue weighted by atomic mass is 79.9. The van der Waals surface area contributed by atoms with Gasteiger partial charge in [-0.05, 0) is 24.6 Å². The van der Waals surface area contributed by atoms with E-state index in [-0.39, 0.29) is 5.69 Å².